The van der Waals surface area contributed by atoms with Crippen LogP contribution in [0.15, 0.2) is 5.10 Å². The molecule has 0 aromatic heterocycles. The molecule has 2 fully saturated rings. The summed E-state index contributed by atoms with van der Waals surface area (Å²) in [5.41, 5.74) is 3.84. The molecule has 0 unspecified atom stereocenters. The van der Waals surface area contributed by atoms with Crippen molar-refractivity contribution in [2.24, 2.45) is 15.9 Å². The van der Waals surface area contributed by atoms with Crippen LogP contribution in [0.3, 0.4) is 0 Å². The molecule has 1 N–H and O–H groups in total. The molecule has 2 saturated heterocycles. The minimum absolute atomic E-state index is 0. The molecule has 0 aliphatic carbocycles. The van der Waals surface area contributed by atoms with E-state index in [1.54, 1.807) is 0 Å². The van der Waals surface area contributed by atoms with Crippen LogP contribution >= 0.6 is 24.8 Å². The Balaban J connectivity index is 0.000000443. The topological polar surface area (TPSA) is 30.9 Å². The average molecular weight is 472 g/mol. The van der Waals surface area contributed by atoms with Crippen molar-refractivity contribution in [3.8, 4) is 0 Å². The van der Waals surface area contributed by atoms with Crippen LogP contribution in [0, 0.1) is 10.8 Å². The van der Waals surface area contributed by atoms with Gasteiger partial charge in [-0.2, -0.15) is 0 Å². The quantitative estimate of drug-likeness (QED) is 0.160. The van der Waals surface area contributed by atoms with Gasteiger partial charge in [-0.05, 0) is 36.5 Å². The summed E-state index contributed by atoms with van der Waals surface area (Å²) in [5.74, 6) is 0. The molecule has 140 valence electrons. The van der Waals surface area contributed by atoms with Crippen molar-refractivity contribution in [2.75, 3.05) is 26.2 Å². The van der Waals surface area contributed by atoms with E-state index in [0.717, 1.165) is 26.2 Å². The third kappa shape index (κ3) is 11.9. The van der Waals surface area contributed by atoms with Gasteiger partial charge in [0.15, 0.2) is 0 Å². The average Bonchev–Trinajstić information content (AvgIpc) is 2.35. The van der Waals surface area contributed by atoms with E-state index in [1.165, 1.54) is 25.7 Å². The van der Waals surface area contributed by atoms with Gasteiger partial charge in [-0.3, -0.25) is 5.01 Å². The summed E-state index contributed by atoms with van der Waals surface area (Å²) in [5, 5.41) is 8.26. The molecule has 0 amide bonds. The molecule has 25 heavy (non-hydrogen) atoms. The molecule has 0 aromatic carbocycles. The van der Waals surface area contributed by atoms with Gasteiger partial charge in [0.1, 0.15) is 4.32 Å². The molecule has 0 aromatic rings. The Morgan fingerprint density at radius 1 is 1.04 bits per heavy atom. The van der Waals surface area contributed by atoms with Crippen LogP contribution in [0.25, 0.3) is 0 Å². The minimum Gasteiger partial charge on any atom is -0.787 e. The number of thiocarbonyl (C=S) groups is 1. The molecule has 0 saturated carbocycles. The second kappa shape index (κ2) is 11.5. The summed E-state index contributed by atoms with van der Waals surface area (Å²) in [4.78, 5) is 0. The van der Waals surface area contributed by atoms with Gasteiger partial charge in [0.2, 0.25) is 0 Å². The van der Waals surface area contributed by atoms with E-state index in [0.29, 0.717) is 19.5 Å². The van der Waals surface area contributed by atoms with E-state index >= 15 is 0 Å². The SMILES string of the molecule is CC1(C)CCCN(N=C([S-])[S-])C1.CC1(C)CCCN(NC(=S)S)C1.[Zn+2]. The van der Waals surface area contributed by atoms with Gasteiger partial charge in [-0.15, -0.1) is 12.6 Å². The van der Waals surface area contributed by atoms with E-state index in [2.05, 4.69) is 55.9 Å². The molecule has 2 aliphatic heterocycles. The number of nitrogens with zero attached hydrogens (tertiary/aromatic N) is 3. The summed E-state index contributed by atoms with van der Waals surface area (Å²) < 4.78 is 0.889. The van der Waals surface area contributed by atoms with E-state index in [1.807, 2.05) is 5.01 Å². The Kier molecular flexibility index (Phi) is 11.9. The van der Waals surface area contributed by atoms with Gasteiger partial charge in [-0.25, -0.2) is 14.5 Å². The van der Waals surface area contributed by atoms with Crippen LogP contribution in [0.1, 0.15) is 53.4 Å². The van der Waals surface area contributed by atoms with Crippen LogP contribution in [-0.2, 0) is 44.7 Å². The number of hydrazine groups is 1. The first-order valence-corrected chi connectivity index (χ1v) is 10.1. The summed E-state index contributed by atoms with van der Waals surface area (Å²) in [6, 6.07) is 0. The smallest absolute Gasteiger partial charge is 0.787 e. The Labute approximate surface area is 188 Å². The molecule has 4 nitrogen and oxygen atoms in total. The predicted molar refractivity (Wildman–Crippen MR) is 116 cm³/mol. The fourth-order valence-electron chi connectivity index (χ4n) is 3.25. The van der Waals surface area contributed by atoms with Gasteiger partial charge in [0.05, 0.1) is 0 Å². The first-order valence-electron chi connectivity index (χ1n) is 8.41. The van der Waals surface area contributed by atoms with Crippen molar-refractivity contribution in [2.45, 2.75) is 53.4 Å². The third-order valence-electron chi connectivity index (χ3n) is 4.26. The van der Waals surface area contributed by atoms with Crippen LogP contribution in [0.4, 0.5) is 0 Å². The van der Waals surface area contributed by atoms with Crippen molar-refractivity contribution < 1.29 is 19.5 Å². The maximum Gasteiger partial charge on any atom is 2.00 e. The second-order valence-corrected chi connectivity index (χ2v) is 10.3. The molecule has 2 aliphatic rings. The summed E-state index contributed by atoms with van der Waals surface area (Å²) in [6.45, 7) is 13.2. The Hall–Kier alpha value is 0.733. The summed E-state index contributed by atoms with van der Waals surface area (Å²) >= 11 is 18.4. The Morgan fingerprint density at radius 3 is 2.00 bits per heavy atom. The van der Waals surface area contributed by atoms with Gasteiger partial charge < -0.3 is 30.7 Å². The molecular formula is C16H30N4S4Zn. The molecule has 0 atom stereocenters. The van der Waals surface area contributed by atoms with E-state index in [4.69, 9.17) is 37.5 Å². The van der Waals surface area contributed by atoms with Crippen LogP contribution in [0.2, 0.25) is 0 Å². The standard InChI is InChI=1S/2C8H16N2S2.Zn/c2*1-8(2)4-3-5-10(6-8)9-7(11)12;/h2*3-6H2,1-2H3,(H2,9,11,12);/q;;+2/p-2. The minimum atomic E-state index is 0. The van der Waals surface area contributed by atoms with Gasteiger partial charge >= 0.3 is 19.5 Å². The molecule has 2 heterocycles. The molecule has 9 heteroatoms. The zero-order valence-electron chi connectivity index (χ0n) is 15.9. The number of rotatable bonds is 2. The van der Waals surface area contributed by atoms with Crippen molar-refractivity contribution >= 4 is 58.8 Å². The van der Waals surface area contributed by atoms with Crippen molar-refractivity contribution in [3.05, 3.63) is 0 Å². The van der Waals surface area contributed by atoms with Crippen LogP contribution < -0.4 is 5.43 Å². The first kappa shape index (κ1) is 25.7. The van der Waals surface area contributed by atoms with Crippen molar-refractivity contribution in [1.29, 1.82) is 0 Å². The fourth-order valence-corrected chi connectivity index (χ4v) is 3.75. The zero-order chi connectivity index (χ0) is 18.4. The van der Waals surface area contributed by atoms with Gasteiger partial charge in [-0.1, -0.05) is 39.9 Å². The molecule has 0 bridgehead atoms. The first-order chi connectivity index (χ1) is 11.0. The van der Waals surface area contributed by atoms with E-state index in [9.17, 15) is 0 Å². The zero-order valence-corrected chi connectivity index (χ0v) is 22.2. The number of hydrogen-bond acceptors (Lipinski definition) is 6. The Bertz CT molecular complexity index is 453. The predicted octanol–water partition coefficient (Wildman–Crippen LogP) is 3.30. The number of nitrogens with one attached hydrogen (secondary N) is 1. The summed E-state index contributed by atoms with van der Waals surface area (Å²) in [6.07, 6.45) is 4.98. The largest absolute Gasteiger partial charge is 2.00 e. The van der Waals surface area contributed by atoms with Crippen molar-refractivity contribution in [1.82, 2.24) is 15.4 Å². The number of hydrazone groups is 1. The van der Waals surface area contributed by atoms with E-state index in [-0.39, 0.29) is 19.5 Å². The number of thiol groups is 1. The maximum atomic E-state index is 4.86. The normalized spacial score (nSPS) is 21.9. The van der Waals surface area contributed by atoms with E-state index < -0.39 is 0 Å². The third-order valence-corrected chi connectivity index (χ3v) is 4.61. The number of piperidine rings is 2. The van der Waals surface area contributed by atoms with Gasteiger partial charge in [0.25, 0.3) is 0 Å². The molecule has 0 radical (unpaired) electrons. The van der Waals surface area contributed by atoms with Crippen LogP contribution in [-0.4, -0.2) is 44.9 Å². The molecule has 0 spiro atoms. The Morgan fingerprint density at radius 2 is 1.56 bits per heavy atom. The van der Waals surface area contributed by atoms with Crippen LogP contribution in [0.5, 0.6) is 0 Å². The van der Waals surface area contributed by atoms with Gasteiger partial charge in [0, 0.05) is 26.2 Å². The number of hydrogen-bond donors (Lipinski definition) is 2. The molecule has 2 rings (SSSR count). The monoisotopic (exact) mass is 470 g/mol. The summed E-state index contributed by atoms with van der Waals surface area (Å²) in [7, 11) is 0. The fraction of sp³-hybridized carbons (Fsp3) is 0.875. The second-order valence-electron chi connectivity index (χ2n) is 8.13. The maximum absolute atomic E-state index is 4.86. The molecular weight excluding hydrogens is 442 g/mol. The van der Waals surface area contributed by atoms with Crippen molar-refractivity contribution in [3.63, 3.8) is 0 Å².